The lowest BCUT2D eigenvalue weighted by Crippen LogP contribution is -2.05. The van der Waals surface area contributed by atoms with E-state index in [2.05, 4.69) is 36.6 Å². The number of nitrogens with zero attached hydrogens (tertiary/aromatic N) is 1. The zero-order valence-corrected chi connectivity index (χ0v) is 11.1. The van der Waals surface area contributed by atoms with Crippen molar-refractivity contribution < 1.29 is 9.53 Å². The van der Waals surface area contributed by atoms with Gasteiger partial charge in [0, 0.05) is 9.80 Å². The Labute approximate surface area is 104 Å². The van der Waals surface area contributed by atoms with E-state index in [1.165, 1.54) is 7.11 Å². The van der Waals surface area contributed by atoms with Crippen molar-refractivity contribution in [2.75, 3.05) is 7.11 Å². The molecule has 0 aliphatic heterocycles. The first kappa shape index (κ1) is 12.2. The second-order valence-corrected chi connectivity index (χ2v) is 4.15. The smallest absolute Gasteiger partial charge is 0.339 e. The van der Waals surface area contributed by atoms with E-state index in [0.717, 1.165) is 5.56 Å². The summed E-state index contributed by atoms with van der Waals surface area (Å²) in [5.74, 6) is -0.505. The van der Waals surface area contributed by atoms with Gasteiger partial charge >= 0.3 is 5.97 Å². The average Bonchev–Trinajstić information content (AvgIpc) is 2.26. The summed E-state index contributed by atoms with van der Waals surface area (Å²) in [7, 11) is 1.29. The topological polar surface area (TPSA) is 50.1 Å². The number of ether oxygens (including phenoxy) is 1. The number of hydrogen-bond acceptors (Lipinski definition) is 3. The zero-order chi connectivity index (χ0) is 11.4. The highest BCUT2D eigenvalue weighted by Crippen LogP contribution is 2.24. The Morgan fingerprint density at radius 2 is 2.27 bits per heavy atom. The standard InChI is InChI=1S/C10H7Br2NO2/c1-15-10(14)7-2-6(4-11)3-9(12)8(7)5-13/h2-3H,4H2,1H3. The van der Waals surface area contributed by atoms with Gasteiger partial charge in [0.05, 0.1) is 18.2 Å². The maximum absolute atomic E-state index is 11.4. The number of halogens is 2. The van der Waals surface area contributed by atoms with Crippen LogP contribution in [-0.4, -0.2) is 13.1 Å². The minimum absolute atomic E-state index is 0.281. The molecule has 1 aromatic rings. The molecular formula is C10H7Br2NO2. The number of rotatable bonds is 2. The molecule has 15 heavy (non-hydrogen) atoms. The molecule has 0 unspecified atom stereocenters. The highest BCUT2D eigenvalue weighted by Gasteiger charge is 2.15. The molecule has 0 N–H and O–H groups in total. The van der Waals surface area contributed by atoms with Gasteiger partial charge in [-0.05, 0) is 33.6 Å². The number of methoxy groups -OCH3 is 1. The van der Waals surface area contributed by atoms with Crippen LogP contribution >= 0.6 is 31.9 Å². The maximum atomic E-state index is 11.4. The van der Waals surface area contributed by atoms with Crippen LogP contribution in [0.25, 0.3) is 0 Å². The number of alkyl halides is 1. The molecule has 0 spiro atoms. The summed E-state index contributed by atoms with van der Waals surface area (Å²) >= 11 is 6.53. The monoisotopic (exact) mass is 331 g/mol. The van der Waals surface area contributed by atoms with Crippen molar-refractivity contribution in [2.24, 2.45) is 0 Å². The number of carbonyl (C=O) groups excluding carboxylic acids is 1. The van der Waals surface area contributed by atoms with Gasteiger partial charge in [0.15, 0.2) is 0 Å². The van der Waals surface area contributed by atoms with Crippen molar-refractivity contribution in [3.8, 4) is 6.07 Å². The average molecular weight is 333 g/mol. The summed E-state index contributed by atoms with van der Waals surface area (Å²) in [6, 6.07) is 5.40. The van der Waals surface area contributed by atoms with Gasteiger partial charge in [-0.2, -0.15) is 5.26 Å². The molecule has 0 aromatic heterocycles. The van der Waals surface area contributed by atoms with Gasteiger partial charge in [-0.1, -0.05) is 15.9 Å². The third kappa shape index (κ3) is 2.58. The van der Waals surface area contributed by atoms with Gasteiger partial charge in [0.1, 0.15) is 6.07 Å². The number of esters is 1. The third-order valence-electron chi connectivity index (χ3n) is 1.82. The zero-order valence-electron chi connectivity index (χ0n) is 7.88. The van der Waals surface area contributed by atoms with Crippen LogP contribution in [0.4, 0.5) is 0 Å². The van der Waals surface area contributed by atoms with Crippen LogP contribution < -0.4 is 0 Å². The molecule has 1 aromatic carbocycles. The third-order valence-corrected chi connectivity index (χ3v) is 3.09. The first-order chi connectivity index (χ1) is 7.13. The van der Waals surface area contributed by atoms with E-state index < -0.39 is 5.97 Å². The van der Waals surface area contributed by atoms with Crippen molar-refractivity contribution in [1.29, 1.82) is 5.26 Å². The van der Waals surface area contributed by atoms with Gasteiger partial charge in [-0.25, -0.2) is 4.79 Å². The molecule has 1 rings (SSSR count). The Kier molecular flexibility index (Phi) is 4.30. The summed E-state index contributed by atoms with van der Waals surface area (Å²) in [5, 5.41) is 9.52. The van der Waals surface area contributed by atoms with Crippen LogP contribution in [0.1, 0.15) is 21.5 Å². The van der Waals surface area contributed by atoms with Crippen molar-refractivity contribution in [3.05, 3.63) is 33.3 Å². The van der Waals surface area contributed by atoms with Gasteiger partial charge in [0.25, 0.3) is 0 Å². The van der Waals surface area contributed by atoms with Crippen LogP contribution in [0.3, 0.4) is 0 Å². The normalized spacial score (nSPS) is 9.47. The molecule has 0 atom stereocenters. The Bertz CT molecular complexity index is 438. The van der Waals surface area contributed by atoms with E-state index in [1.807, 2.05) is 6.07 Å². The molecule has 0 aliphatic rings. The summed E-state index contributed by atoms with van der Waals surface area (Å²) < 4.78 is 5.21. The molecule has 0 radical (unpaired) electrons. The first-order valence-corrected chi connectivity index (χ1v) is 5.92. The van der Waals surface area contributed by atoms with E-state index in [0.29, 0.717) is 15.4 Å². The minimum atomic E-state index is -0.505. The van der Waals surface area contributed by atoms with E-state index in [1.54, 1.807) is 12.1 Å². The lowest BCUT2D eigenvalue weighted by Gasteiger charge is -2.06. The predicted octanol–water partition coefficient (Wildman–Crippen LogP) is 3.00. The van der Waals surface area contributed by atoms with Gasteiger partial charge in [-0.15, -0.1) is 0 Å². The summed E-state index contributed by atoms with van der Waals surface area (Å²) in [6.45, 7) is 0. The maximum Gasteiger partial charge on any atom is 0.339 e. The van der Waals surface area contributed by atoms with Crippen molar-refractivity contribution in [3.63, 3.8) is 0 Å². The SMILES string of the molecule is COC(=O)c1cc(CBr)cc(Br)c1C#N. The number of benzene rings is 1. The molecule has 0 fully saturated rings. The minimum Gasteiger partial charge on any atom is -0.465 e. The fourth-order valence-corrected chi connectivity index (χ4v) is 2.04. The summed E-state index contributed by atoms with van der Waals surface area (Å²) in [4.78, 5) is 11.4. The van der Waals surface area contributed by atoms with Gasteiger partial charge in [0.2, 0.25) is 0 Å². The number of hydrogen-bond donors (Lipinski definition) is 0. The van der Waals surface area contributed by atoms with E-state index in [4.69, 9.17) is 5.26 Å². The van der Waals surface area contributed by atoms with Crippen LogP contribution in [-0.2, 0) is 10.1 Å². The second kappa shape index (κ2) is 5.29. The van der Waals surface area contributed by atoms with Crippen LogP contribution in [0.5, 0.6) is 0 Å². The Balaban J connectivity index is 3.40. The van der Waals surface area contributed by atoms with E-state index >= 15 is 0 Å². The van der Waals surface area contributed by atoms with Crippen molar-refractivity contribution in [2.45, 2.75) is 5.33 Å². The summed E-state index contributed by atoms with van der Waals surface area (Å²) in [5.41, 5.74) is 1.48. The highest BCUT2D eigenvalue weighted by atomic mass is 79.9. The molecule has 0 heterocycles. The van der Waals surface area contributed by atoms with Crippen molar-refractivity contribution >= 4 is 37.8 Å². The lowest BCUT2D eigenvalue weighted by molar-refractivity contribution is 0.0600. The molecule has 0 bridgehead atoms. The molecule has 3 nitrogen and oxygen atoms in total. The molecule has 0 saturated heterocycles. The van der Waals surface area contributed by atoms with Gasteiger partial charge in [-0.3, -0.25) is 0 Å². The summed E-state index contributed by atoms with van der Waals surface area (Å²) in [6.07, 6.45) is 0. The predicted molar refractivity (Wildman–Crippen MR) is 62.8 cm³/mol. The van der Waals surface area contributed by atoms with E-state index in [-0.39, 0.29) is 5.56 Å². The fraction of sp³-hybridized carbons (Fsp3) is 0.200. The molecule has 5 heteroatoms. The number of nitriles is 1. The number of carbonyl (C=O) groups is 1. The van der Waals surface area contributed by atoms with Crippen LogP contribution in [0.15, 0.2) is 16.6 Å². The lowest BCUT2D eigenvalue weighted by atomic mass is 10.1. The Morgan fingerprint density at radius 1 is 1.60 bits per heavy atom. The molecule has 0 saturated carbocycles. The largest absolute Gasteiger partial charge is 0.465 e. The first-order valence-electron chi connectivity index (χ1n) is 4.00. The molecular weight excluding hydrogens is 326 g/mol. The van der Waals surface area contributed by atoms with E-state index in [9.17, 15) is 4.79 Å². The highest BCUT2D eigenvalue weighted by molar-refractivity contribution is 9.10. The molecule has 0 aliphatic carbocycles. The second-order valence-electron chi connectivity index (χ2n) is 2.74. The fourth-order valence-electron chi connectivity index (χ4n) is 1.12. The van der Waals surface area contributed by atoms with Crippen molar-refractivity contribution in [1.82, 2.24) is 0 Å². The van der Waals surface area contributed by atoms with Crippen LogP contribution in [0, 0.1) is 11.3 Å². The van der Waals surface area contributed by atoms with Crippen LogP contribution in [0.2, 0.25) is 0 Å². The Hall–Kier alpha value is -0.860. The molecule has 78 valence electrons. The Morgan fingerprint density at radius 3 is 2.73 bits per heavy atom. The quantitative estimate of drug-likeness (QED) is 0.618. The van der Waals surface area contributed by atoms with Gasteiger partial charge < -0.3 is 4.74 Å². The molecule has 0 amide bonds.